The molecule has 0 fully saturated rings. The van der Waals surface area contributed by atoms with Gasteiger partial charge in [0.2, 0.25) is 0 Å². The zero-order chi connectivity index (χ0) is 17.3. The van der Waals surface area contributed by atoms with Gasteiger partial charge in [0.1, 0.15) is 0 Å². The van der Waals surface area contributed by atoms with Crippen LogP contribution in [0.2, 0.25) is 10.0 Å². The van der Waals surface area contributed by atoms with Crippen LogP contribution in [-0.4, -0.2) is 10.4 Å². The summed E-state index contributed by atoms with van der Waals surface area (Å²) in [7, 11) is 0. The lowest BCUT2D eigenvalue weighted by atomic mass is 10.0. The minimum Gasteiger partial charge on any atom is -0.407 e. The van der Waals surface area contributed by atoms with Crippen LogP contribution in [0.5, 0.6) is 0 Å². The van der Waals surface area contributed by atoms with Gasteiger partial charge in [-0.3, -0.25) is 9.36 Å². The van der Waals surface area contributed by atoms with Crippen molar-refractivity contribution in [2.24, 2.45) is 0 Å². The number of hydrogen-bond acceptors (Lipinski definition) is 4. The normalized spacial score (nSPS) is 10.7. The Kier molecular flexibility index (Phi) is 4.43. The van der Waals surface area contributed by atoms with Crippen LogP contribution in [0.25, 0.3) is 11.1 Å². The number of nitrogens with zero attached hydrogens (tertiary/aromatic N) is 2. The SMILES string of the molecule is N#CCCn1c(=O)oc2c(C(=O)c3ccc(Cl)cc3)cc(Cl)cc21. The van der Waals surface area contributed by atoms with Gasteiger partial charge in [0.25, 0.3) is 0 Å². The highest BCUT2D eigenvalue weighted by atomic mass is 35.5. The van der Waals surface area contributed by atoms with E-state index in [-0.39, 0.29) is 29.9 Å². The quantitative estimate of drug-likeness (QED) is 0.657. The lowest BCUT2D eigenvalue weighted by molar-refractivity contribution is 0.103. The zero-order valence-electron chi connectivity index (χ0n) is 12.3. The van der Waals surface area contributed by atoms with Gasteiger partial charge in [0, 0.05) is 22.2 Å². The average molecular weight is 361 g/mol. The lowest BCUT2D eigenvalue weighted by Gasteiger charge is -2.04. The Bertz CT molecular complexity index is 1030. The van der Waals surface area contributed by atoms with E-state index in [9.17, 15) is 9.59 Å². The molecule has 0 radical (unpaired) electrons. The number of carbonyl (C=O) groups excluding carboxylic acids is 1. The fourth-order valence-corrected chi connectivity index (χ4v) is 2.77. The van der Waals surface area contributed by atoms with Crippen LogP contribution in [0, 0.1) is 11.3 Å². The molecule has 0 amide bonds. The molecule has 5 nitrogen and oxygen atoms in total. The molecule has 0 spiro atoms. The van der Waals surface area contributed by atoms with Gasteiger partial charge in [-0.15, -0.1) is 0 Å². The first-order chi connectivity index (χ1) is 11.5. The average Bonchev–Trinajstić information content (AvgIpc) is 2.87. The number of aryl methyl sites for hydroxylation is 1. The molecular formula is C17H10Cl2N2O3. The second-order valence-electron chi connectivity index (χ2n) is 5.07. The van der Waals surface area contributed by atoms with Crippen molar-refractivity contribution in [2.75, 3.05) is 0 Å². The number of carbonyl (C=O) groups is 1. The van der Waals surface area contributed by atoms with Crippen molar-refractivity contribution in [1.29, 1.82) is 5.26 Å². The highest BCUT2D eigenvalue weighted by Gasteiger charge is 2.20. The molecule has 0 aliphatic heterocycles. The van der Waals surface area contributed by atoms with Gasteiger partial charge in [-0.05, 0) is 36.4 Å². The van der Waals surface area contributed by atoms with Gasteiger partial charge in [-0.2, -0.15) is 5.26 Å². The highest BCUT2D eigenvalue weighted by Crippen LogP contribution is 2.26. The number of nitriles is 1. The third-order valence-corrected chi connectivity index (χ3v) is 4.00. The van der Waals surface area contributed by atoms with Crippen LogP contribution < -0.4 is 5.76 Å². The second kappa shape index (κ2) is 6.52. The molecule has 0 N–H and O–H groups in total. The van der Waals surface area contributed by atoms with E-state index in [0.717, 1.165) is 0 Å². The van der Waals surface area contributed by atoms with Crippen molar-refractivity contribution in [2.45, 2.75) is 13.0 Å². The fourth-order valence-electron chi connectivity index (χ4n) is 2.43. The summed E-state index contributed by atoms with van der Waals surface area (Å²) in [6, 6.07) is 11.3. The summed E-state index contributed by atoms with van der Waals surface area (Å²) < 4.78 is 6.54. The summed E-state index contributed by atoms with van der Waals surface area (Å²) in [5.74, 6) is -0.965. The summed E-state index contributed by atoms with van der Waals surface area (Å²) in [5.41, 5.74) is 1.13. The number of fused-ring (bicyclic) bond motifs is 1. The molecule has 0 bridgehead atoms. The van der Waals surface area contributed by atoms with Crippen LogP contribution in [0.15, 0.2) is 45.6 Å². The van der Waals surface area contributed by atoms with E-state index in [4.69, 9.17) is 32.9 Å². The van der Waals surface area contributed by atoms with E-state index in [2.05, 4.69) is 0 Å². The van der Waals surface area contributed by atoms with E-state index in [1.165, 1.54) is 16.7 Å². The molecule has 0 aliphatic rings. The minimum atomic E-state index is -0.632. The third-order valence-electron chi connectivity index (χ3n) is 3.53. The number of oxazole rings is 1. The predicted molar refractivity (Wildman–Crippen MR) is 90.6 cm³/mol. The molecule has 0 atom stereocenters. The molecule has 7 heteroatoms. The van der Waals surface area contributed by atoms with E-state index >= 15 is 0 Å². The lowest BCUT2D eigenvalue weighted by Crippen LogP contribution is -2.13. The number of benzene rings is 2. The monoisotopic (exact) mass is 360 g/mol. The van der Waals surface area contributed by atoms with Gasteiger partial charge >= 0.3 is 5.76 Å². The summed E-state index contributed by atoms with van der Waals surface area (Å²) in [6.45, 7) is 0.164. The van der Waals surface area contributed by atoms with Crippen molar-refractivity contribution in [3.63, 3.8) is 0 Å². The number of hydrogen-bond donors (Lipinski definition) is 0. The first kappa shape index (κ1) is 16.3. The standard InChI is InChI=1S/C17H10Cl2N2O3/c18-11-4-2-10(3-5-11)15(22)13-8-12(19)9-14-16(13)24-17(23)21(14)7-1-6-20/h2-5,8-9H,1,7H2. The van der Waals surface area contributed by atoms with Crippen molar-refractivity contribution < 1.29 is 9.21 Å². The topological polar surface area (TPSA) is 76.0 Å². The minimum absolute atomic E-state index is 0.140. The molecule has 2 aromatic carbocycles. The van der Waals surface area contributed by atoms with Crippen molar-refractivity contribution in [1.82, 2.24) is 4.57 Å². The number of ketones is 1. The van der Waals surface area contributed by atoms with Crippen molar-refractivity contribution >= 4 is 40.1 Å². The maximum absolute atomic E-state index is 12.7. The van der Waals surface area contributed by atoms with Crippen LogP contribution in [0.1, 0.15) is 22.3 Å². The van der Waals surface area contributed by atoms with Crippen molar-refractivity contribution in [3.8, 4) is 6.07 Å². The molecule has 0 aliphatic carbocycles. The molecule has 0 unspecified atom stereocenters. The molecule has 3 rings (SSSR count). The zero-order valence-corrected chi connectivity index (χ0v) is 13.8. The highest BCUT2D eigenvalue weighted by molar-refractivity contribution is 6.32. The second-order valence-corrected chi connectivity index (χ2v) is 5.94. The Balaban J connectivity index is 2.18. The van der Waals surface area contributed by atoms with Gasteiger partial charge in [-0.1, -0.05) is 23.2 Å². The van der Waals surface area contributed by atoms with Crippen LogP contribution in [-0.2, 0) is 6.54 Å². The van der Waals surface area contributed by atoms with Crippen molar-refractivity contribution in [3.05, 3.63) is 68.1 Å². The van der Waals surface area contributed by atoms with Gasteiger partial charge < -0.3 is 4.42 Å². The summed E-state index contributed by atoms with van der Waals surface area (Å²) in [4.78, 5) is 24.8. The number of rotatable bonds is 4. The Morgan fingerprint density at radius 3 is 2.54 bits per heavy atom. The Morgan fingerprint density at radius 1 is 1.17 bits per heavy atom. The largest absolute Gasteiger partial charge is 0.420 e. The summed E-state index contributed by atoms with van der Waals surface area (Å²) in [5, 5.41) is 9.52. The maximum atomic E-state index is 12.7. The maximum Gasteiger partial charge on any atom is 0.420 e. The Morgan fingerprint density at radius 2 is 1.88 bits per heavy atom. The smallest absolute Gasteiger partial charge is 0.407 e. The van der Waals surface area contributed by atoms with Crippen LogP contribution in [0.3, 0.4) is 0 Å². The summed E-state index contributed by atoms with van der Waals surface area (Å²) >= 11 is 11.9. The summed E-state index contributed by atoms with van der Waals surface area (Å²) in [6.07, 6.45) is 0.140. The van der Waals surface area contributed by atoms with Crippen LogP contribution >= 0.6 is 23.2 Å². The molecule has 1 heterocycles. The molecular weight excluding hydrogens is 351 g/mol. The fraction of sp³-hybridized carbons (Fsp3) is 0.118. The first-order valence-corrected chi connectivity index (χ1v) is 7.77. The number of aromatic nitrogens is 1. The van der Waals surface area contributed by atoms with Crippen LogP contribution in [0.4, 0.5) is 0 Å². The Hall–Kier alpha value is -2.55. The molecule has 24 heavy (non-hydrogen) atoms. The van der Waals surface area contributed by atoms with Gasteiger partial charge in [0.05, 0.1) is 23.6 Å². The molecule has 0 saturated carbocycles. The third kappa shape index (κ3) is 2.94. The first-order valence-electron chi connectivity index (χ1n) is 7.01. The van der Waals surface area contributed by atoms with E-state index < -0.39 is 5.76 Å². The van der Waals surface area contributed by atoms with E-state index in [0.29, 0.717) is 21.1 Å². The van der Waals surface area contributed by atoms with E-state index in [1.54, 1.807) is 24.3 Å². The van der Waals surface area contributed by atoms with E-state index in [1.807, 2.05) is 6.07 Å². The predicted octanol–water partition coefficient (Wildman–Crippen LogP) is 4.05. The molecule has 3 aromatic rings. The molecule has 0 saturated heterocycles. The molecule has 1 aromatic heterocycles. The molecule has 120 valence electrons. The number of halogens is 2. The van der Waals surface area contributed by atoms with Gasteiger partial charge in [0.15, 0.2) is 11.4 Å². The van der Waals surface area contributed by atoms with Gasteiger partial charge in [-0.25, -0.2) is 4.79 Å². The Labute approximate surface area is 146 Å².